The Labute approximate surface area is 152 Å². The fraction of sp³-hybridized carbons (Fsp3) is 0.389. The van der Waals surface area contributed by atoms with Gasteiger partial charge in [-0.1, -0.05) is 25.5 Å². The molecule has 0 amide bonds. The zero-order valence-corrected chi connectivity index (χ0v) is 15.0. The maximum Gasteiger partial charge on any atom is 0.269 e. The number of rotatable bonds is 5. The summed E-state index contributed by atoms with van der Waals surface area (Å²) in [5.74, 6) is 0. The van der Waals surface area contributed by atoms with Gasteiger partial charge in [0, 0.05) is 43.7 Å². The SMILES string of the molecule is CCCCNC(=S)N1CCn2cccc2C1c1cccc([N+](=O)[O-])c1. The normalized spacial score (nSPS) is 16.4. The molecule has 1 aliphatic rings. The Bertz CT molecular complexity index is 774. The molecule has 1 unspecified atom stereocenters. The average molecular weight is 358 g/mol. The minimum atomic E-state index is -0.354. The topological polar surface area (TPSA) is 63.3 Å². The second-order valence-electron chi connectivity index (χ2n) is 6.16. The summed E-state index contributed by atoms with van der Waals surface area (Å²) in [4.78, 5) is 13.0. The van der Waals surface area contributed by atoms with Gasteiger partial charge in [-0.05, 0) is 36.3 Å². The molecule has 6 nitrogen and oxygen atoms in total. The lowest BCUT2D eigenvalue weighted by atomic mass is 10.00. The molecule has 7 heteroatoms. The second kappa shape index (κ2) is 7.65. The Balaban J connectivity index is 1.94. The molecular weight excluding hydrogens is 336 g/mol. The molecule has 25 heavy (non-hydrogen) atoms. The van der Waals surface area contributed by atoms with Gasteiger partial charge < -0.3 is 14.8 Å². The number of nitrogens with zero attached hydrogens (tertiary/aromatic N) is 3. The van der Waals surface area contributed by atoms with Crippen LogP contribution in [0.1, 0.15) is 37.1 Å². The predicted molar refractivity (Wildman–Crippen MR) is 102 cm³/mol. The number of aromatic nitrogens is 1. The molecule has 1 N–H and O–H groups in total. The monoisotopic (exact) mass is 358 g/mol. The fourth-order valence-corrected chi connectivity index (χ4v) is 3.53. The summed E-state index contributed by atoms with van der Waals surface area (Å²) in [7, 11) is 0. The number of hydrogen-bond acceptors (Lipinski definition) is 3. The first-order valence-corrected chi connectivity index (χ1v) is 8.96. The molecule has 1 aromatic carbocycles. The van der Waals surface area contributed by atoms with Gasteiger partial charge in [0.05, 0.1) is 11.0 Å². The van der Waals surface area contributed by atoms with E-state index >= 15 is 0 Å². The van der Waals surface area contributed by atoms with Gasteiger partial charge in [-0.25, -0.2) is 0 Å². The van der Waals surface area contributed by atoms with Crippen molar-refractivity contribution in [2.24, 2.45) is 0 Å². The molecule has 1 aromatic heterocycles. The summed E-state index contributed by atoms with van der Waals surface area (Å²) in [5, 5.41) is 15.2. The van der Waals surface area contributed by atoms with E-state index in [0.29, 0.717) is 5.11 Å². The zero-order chi connectivity index (χ0) is 17.8. The molecule has 0 spiro atoms. The van der Waals surface area contributed by atoms with E-state index in [1.165, 1.54) is 6.07 Å². The Morgan fingerprint density at radius 1 is 1.36 bits per heavy atom. The highest BCUT2D eigenvalue weighted by atomic mass is 32.1. The van der Waals surface area contributed by atoms with Gasteiger partial charge in [-0.3, -0.25) is 10.1 Å². The highest BCUT2D eigenvalue weighted by Gasteiger charge is 2.31. The number of unbranched alkanes of at least 4 members (excludes halogenated alkanes) is 1. The maximum atomic E-state index is 11.2. The molecule has 0 bridgehead atoms. The van der Waals surface area contributed by atoms with Gasteiger partial charge in [-0.2, -0.15) is 0 Å². The third-order valence-corrected chi connectivity index (χ3v) is 4.88. The standard InChI is InChI=1S/C18H22N4O2S/c1-2-3-9-19-18(25)21-12-11-20-10-5-8-16(20)17(21)14-6-4-7-15(13-14)22(23)24/h4-8,10,13,17H,2-3,9,11-12H2,1H3,(H,19,25). The van der Waals surface area contributed by atoms with Crippen molar-refractivity contribution < 1.29 is 4.92 Å². The van der Waals surface area contributed by atoms with Crippen molar-refractivity contribution in [2.45, 2.75) is 32.4 Å². The third-order valence-electron chi connectivity index (χ3n) is 4.50. The van der Waals surface area contributed by atoms with Crippen molar-refractivity contribution >= 4 is 23.0 Å². The maximum absolute atomic E-state index is 11.2. The Morgan fingerprint density at radius 2 is 2.20 bits per heavy atom. The number of benzene rings is 1. The number of nitrogens with one attached hydrogen (secondary N) is 1. The van der Waals surface area contributed by atoms with Crippen molar-refractivity contribution in [2.75, 3.05) is 13.1 Å². The van der Waals surface area contributed by atoms with E-state index in [1.54, 1.807) is 12.1 Å². The summed E-state index contributed by atoms with van der Waals surface area (Å²) < 4.78 is 2.19. The molecule has 1 atom stereocenters. The summed E-state index contributed by atoms with van der Waals surface area (Å²) in [6, 6.07) is 10.8. The highest BCUT2D eigenvalue weighted by Crippen LogP contribution is 2.33. The molecule has 2 aromatic rings. The molecule has 132 valence electrons. The fourth-order valence-electron chi connectivity index (χ4n) is 3.23. The van der Waals surface area contributed by atoms with Crippen LogP contribution in [0.25, 0.3) is 0 Å². The molecular formula is C18H22N4O2S. The van der Waals surface area contributed by atoms with Gasteiger partial charge in [0.1, 0.15) is 0 Å². The van der Waals surface area contributed by atoms with Crippen molar-refractivity contribution in [3.8, 4) is 0 Å². The number of hydrogen-bond donors (Lipinski definition) is 1. The van der Waals surface area contributed by atoms with Crippen LogP contribution in [0.3, 0.4) is 0 Å². The summed E-state index contributed by atoms with van der Waals surface area (Å²) >= 11 is 5.62. The third kappa shape index (κ3) is 3.66. The van der Waals surface area contributed by atoms with E-state index < -0.39 is 0 Å². The van der Waals surface area contributed by atoms with Gasteiger partial charge in [-0.15, -0.1) is 0 Å². The van der Waals surface area contributed by atoms with Crippen LogP contribution in [0.15, 0.2) is 42.6 Å². The van der Waals surface area contributed by atoms with Crippen LogP contribution in [0.4, 0.5) is 5.69 Å². The molecule has 0 aliphatic carbocycles. The van der Waals surface area contributed by atoms with E-state index in [-0.39, 0.29) is 16.7 Å². The Kier molecular flexibility index (Phi) is 5.33. The Hall–Kier alpha value is -2.41. The van der Waals surface area contributed by atoms with Crippen LogP contribution in [0.2, 0.25) is 0 Å². The molecule has 0 fully saturated rings. The van der Waals surface area contributed by atoms with E-state index in [9.17, 15) is 10.1 Å². The van der Waals surface area contributed by atoms with E-state index in [2.05, 4.69) is 27.8 Å². The highest BCUT2D eigenvalue weighted by molar-refractivity contribution is 7.80. The van der Waals surface area contributed by atoms with Crippen molar-refractivity contribution in [1.82, 2.24) is 14.8 Å². The van der Waals surface area contributed by atoms with Crippen LogP contribution in [0.5, 0.6) is 0 Å². The first-order chi connectivity index (χ1) is 12.1. The van der Waals surface area contributed by atoms with Gasteiger partial charge in [0.15, 0.2) is 5.11 Å². The Morgan fingerprint density at radius 3 is 2.96 bits per heavy atom. The number of thiocarbonyl (C=S) groups is 1. The lowest BCUT2D eigenvalue weighted by Crippen LogP contribution is -2.47. The zero-order valence-electron chi connectivity index (χ0n) is 14.2. The van der Waals surface area contributed by atoms with Crippen molar-refractivity contribution in [3.05, 3.63) is 64.0 Å². The lowest BCUT2D eigenvalue weighted by Gasteiger charge is -2.39. The predicted octanol–water partition coefficient (Wildman–Crippen LogP) is 3.48. The smallest absolute Gasteiger partial charge is 0.269 e. The summed E-state index contributed by atoms with van der Waals surface area (Å²) in [5.41, 5.74) is 2.09. The van der Waals surface area contributed by atoms with Crippen LogP contribution >= 0.6 is 12.2 Å². The molecule has 1 aliphatic heterocycles. The van der Waals surface area contributed by atoms with Crippen LogP contribution < -0.4 is 5.32 Å². The minimum Gasteiger partial charge on any atom is -0.363 e. The first-order valence-electron chi connectivity index (χ1n) is 8.55. The van der Waals surface area contributed by atoms with E-state index in [0.717, 1.165) is 43.7 Å². The number of nitro groups is 1. The average Bonchev–Trinajstić information content (AvgIpc) is 3.09. The minimum absolute atomic E-state index is 0.103. The van der Waals surface area contributed by atoms with Gasteiger partial charge >= 0.3 is 0 Å². The summed E-state index contributed by atoms with van der Waals surface area (Å²) in [6.07, 6.45) is 4.21. The van der Waals surface area contributed by atoms with Crippen LogP contribution in [-0.2, 0) is 6.54 Å². The largest absolute Gasteiger partial charge is 0.363 e. The second-order valence-corrected chi connectivity index (χ2v) is 6.55. The number of nitro benzene ring substituents is 1. The molecule has 2 heterocycles. The summed E-state index contributed by atoms with van der Waals surface area (Å²) in [6.45, 7) is 4.61. The van der Waals surface area contributed by atoms with Crippen LogP contribution in [0, 0.1) is 10.1 Å². The quantitative estimate of drug-likeness (QED) is 0.384. The molecule has 0 saturated heterocycles. The van der Waals surface area contributed by atoms with Gasteiger partial charge in [0.2, 0.25) is 0 Å². The van der Waals surface area contributed by atoms with E-state index in [4.69, 9.17) is 12.2 Å². The van der Waals surface area contributed by atoms with E-state index in [1.807, 2.05) is 18.3 Å². The van der Waals surface area contributed by atoms with Crippen LogP contribution in [-0.4, -0.2) is 32.6 Å². The van der Waals surface area contributed by atoms with Crippen molar-refractivity contribution in [3.63, 3.8) is 0 Å². The number of fused-ring (bicyclic) bond motifs is 1. The molecule has 0 saturated carbocycles. The lowest BCUT2D eigenvalue weighted by molar-refractivity contribution is -0.384. The molecule has 3 rings (SSSR count). The molecule has 0 radical (unpaired) electrons. The van der Waals surface area contributed by atoms with Crippen molar-refractivity contribution in [1.29, 1.82) is 0 Å². The van der Waals surface area contributed by atoms with Gasteiger partial charge in [0.25, 0.3) is 5.69 Å². The number of non-ortho nitro benzene ring substituents is 1. The first kappa shape index (κ1) is 17.4.